The summed E-state index contributed by atoms with van der Waals surface area (Å²) >= 11 is 0. The molecule has 0 aliphatic carbocycles. The van der Waals surface area contributed by atoms with Crippen LogP contribution in [0.5, 0.6) is 5.75 Å². The zero-order valence-electron chi connectivity index (χ0n) is 19.4. The number of carbonyl (C=O) groups excluding carboxylic acids is 1. The topological polar surface area (TPSA) is 84.5 Å². The van der Waals surface area contributed by atoms with Gasteiger partial charge in [-0.15, -0.1) is 0 Å². The number of hydrogen-bond acceptors (Lipinski definition) is 4. The van der Waals surface area contributed by atoms with Gasteiger partial charge in [-0.2, -0.15) is 0 Å². The highest BCUT2D eigenvalue weighted by Crippen LogP contribution is 2.30. The number of anilines is 1. The quantitative estimate of drug-likeness (QED) is 0.463. The summed E-state index contributed by atoms with van der Waals surface area (Å²) in [6, 6.07) is 20.8. The number of nitrogens with one attached hydrogen (secondary N) is 2. The fraction of sp³-hybridized carbons (Fsp3) is 0.269. The van der Waals surface area contributed by atoms with E-state index in [0.717, 1.165) is 16.9 Å². The van der Waals surface area contributed by atoms with Gasteiger partial charge in [-0.05, 0) is 54.3 Å². The number of sulfonamides is 1. The van der Waals surface area contributed by atoms with Crippen molar-refractivity contribution >= 4 is 21.6 Å². The molecule has 0 bridgehead atoms. The molecular weight excluding hydrogens is 436 g/mol. The summed E-state index contributed by atoms with van der Waals surface area (Å²) in [5.74, 6) is 0.492. The van der Waals surface area contributed by atoms with Crippen LogP contribution in [0.2, 0.25) is 0 Å². The monoisotopic (exact) mass is 466 g/mol. The second-order valence-electron chi connectivity index (χ2n) is 8.85. The first kappa shape index (κ1) is 24.3. The van der Waals surface area contributed by atoms with Crippen LogP contribution in [0.15, 0.2) is 77.7 Å². The van der Waals surface area contributed by atoms with Crippen molar-refractivity contribution in [3.8, 4) is 5.75 Å². The van der Waals surface area contributed by atoms with E-state index in [2.05, 4.69) is 30.8 Å². The molecule has 3 rings (SSSR count). The van der Waals surface area contributed by atoms with Crippen molar-refractivity contribution in [2.75, 3.05) is 17.9 Å². The largest absolute Gasteiger partial charge is 0.491 e. The number of benzene rings is 3. The number of rotatable bonds is 8. The fourth-order valence-corrected chi connectivity index (χ4v) is 4.34. The van der Waals surface area contributed by atoms with E-state index in [1.54, 1.807) is 42.5 Å². The predicted octanol–water partition coefficient (Wildman–Crippen LogP) is 4.90. The molecule has 0 saturated heterocycles. The molecule has 6 nitrogen and oxygen atoms in total. The van der Waals surface area contributed by atoms with Crippen molar-refractivity contribution in [1.29, 1.82) is 0 Å². The SMILES string of the molecule is Cc1ccc(S(=O)(=O)Nc2cccc(C(=O)NCCOc3ccccc3C(C)(C)C)c2)cc1. The van der Waals surface area contributed by atoms with Gasteiger partial charge in [-0.1, -0.05) is 62.7 Å². The molecule has 0 aliphatic rings. The van der Waals surface area contributed by atoms with Crippen LogP contribution in [-0.2, 0) is 15.4 Å². The van der Waals surface area contributed by atoms with Gasteiger partial charge in [0.05, 0.1) is 11.4 Å². The van der Waals surface area contributed by atoms with E-state index in [1.165, 1.54) is 6.07 Å². The van der Waals surface area contributed by atoms with Gasteiger partial charge in [0.15, 0.2) is 0 Å². The third-order valence-electron chi connectivity index (χ3n) is 5.05. The third-order valence-corrected chi connectivity index (χ3v) is 6.45. The van der Waals surface area contributed by atoms with Gasteiger partial charge in [-0.3, -0.25) is 9.52 Å². The molecule has 7 heteroatoms. The van der Waals surface area contributed by atoms with Crippen molar-refractivity contribution in [3.63, 3.8) is 0 Å². The first-order valence-corrected chi connectivity index (χ1v) is 12.2. The zero-order chi connectivity index (χ0) is 24.1. The first-order chi connectivity index (χ1) is 15.6. The summed E-state index contributed by atoms with van der Waals surface area (Å²) < 4.78 is 33.6. The lowest BCUT2D eigenvalue weighted by Gasteiger charge is -2.22. The molecule has 174 valence electrons. The van der Waals surface area contributed by atoms with Crippen molar-refractivity contribution < 1.29 is 17.9 Å². The fourth-order valence-electron chi connectivity index (χ4n) is 3.30. The average molecular weight is 467 g/mol. The molecule has 0 unspecified atom stereocenters. The lowest BCUT2D eigenvalue weighted by atomic mass is 9.86. The minimum absolute atomic E-state index is 0.0494. The number of para-hydroxylation sites is 1. The number of hydrogen-bond donors (Lipinski definition) is 2. The van der Waals surface area contributed by atoms with Gasteiger partial charge < -0.3 is 10.1 Å². The van der Waals surface area contributed by atoms with Crippen LogP contribution < -0.4 is 14.8 Å². The van der Waals surface area contributed by atoms with Gasteiger partial charge in [-0.25, -0.2) is 8.42 Å². The maximum atomic E-state index is 12.6. The number of amides is 1. The average Bonchev–Trinajstić information content (AvgIpc) is 2.76. The lowest BCUT2D eigenvalue weighted by molar-refractivity contribution is 0.0947. The molecule has 1 amide bonds. The first-order valence-electron chi connectivity index (χ1n) is 10.8. The number of ether oxygens (including phenoxy) is 1. The maximum Gasteiger partial charge on any atom is 0.261 e. The van der Waals surface area contributed by atoms with Gasteiger partial charge in [0.2, 0.25) is 0 Å². The van der Waals surface area contributed by atoms with Gasteiger partial charge in [0, 0.05) is 11.3 Å². The Balaban J connectivity index is 1.59. The zero-order valence-corrected chi connectivity index (χ0v) is 20.2. The Kier molecular flexibility index (Phi) is 7.43. The summed E-state index contributed by atoms with van der Waals surface area (Å²) in [5, 5.41) is 2.81. The second-order valence-corrected chi connectivity index (χ2v) is 10.5. The van der Waals surface area contributed by atoms with Crippen LogP contribution in [0.1, 0.15) is 42.3 Å². The second kappa shape index (κ2) is 10.1. The third kappa shape index (κ3) is 6.58. The van der Waals surface area contributed by atoms with Crippen molar-refractivity contribution in [2.45, 2.75) is 38.0 Å². The molecule has 0 saturated carbocycles. The predicted molar refractivity (Wildman–Crippen MR) is 131 cm³/mol. The van der Waals surface area contributed by atoms with Gasteiger partial charge >= 0.3 is 0 Å². The molecule has 0 fully saturated rings. The molecule has 0 aliphatic heterocycles. The van der Waals surface area contributed by atoms with E-state index < -0.39 is 10.0 Å². The normalized spacial score (nSPS) is 11.6. The van der Waals surface area contributed by atoms with Crippen LogP contribution in [-0.4, -0.2) is 27.5 Å². The summed E-state index contributed by atoms with van der Waals surface area (Å²) in [7, 11) is -3.74. The number of carbonyl (C=O) groups is 1. The maximum absolute atomic E-state index is 12.6. The Morgan fingerprint density at radius 2 is 1.64 bits per heavy atom. The molecule has 0 heterocycles. The molecule has 0 radical (unpaired) electrons. The van der Waals surface area contributed by atoms with E-state index in [0.29, 0.717) is 24.4 Å². The summed E-state index contributed by atoms with van der Waals surface area (Å²) in [4.78, 5) is 12.7. The van der Waals surface area contributed by atoms with E-state index in [-0.39, 0.29) is 16.2 Å². The highest BCUT2D eigenvalue weighted by molar-refractivity contribution is 7.92. The molecule has 0 aromatic heterocycles. The Labute approximate surface area is 196 Å². The molecule has 0 spiro atoms. The van der Waals surface area contributed by atoms with Crippen LogP contribution in [0, 0.1) is 6.92 Å². The molecule has 33 heavy (non-hydrogen) atoms. The molecular formula is C26H30N2O4S. The van der Waals surface area contributed by atoms with Crippen molar-refractivity contribution in [1.82, 2.24) is 5.32 Å². The Morgan fingerprint density at radius 1 is 0.939 bits per heavy atom. The van der Waals surface area contributed by atoms with Crippen LogP contribution in [0.3, 0.4) is 0 Å². The van der Waals surface area contributed by atoms with Crippen molar-refractivity contribution in [2.24, 2.45) is 0 Å². The number of aryl methyl sites for hydroxylation is 1. The van der Waals surface area contributed by atoms with Gasteiger partial charge in [0.1, 0.15) is 12.4 Å². The highest BCUT2D eigenvalue weighted by atomic mass is 32.2. The summed E-state index contributed by atoms with van der Waals surface area (Å²) in [6.07, 6.45) is 0. The van der Waals surface area contributed by atoms with Crippen LogP contribution in [0.25, 0.3) is 0 Å². The minimum Gasteiger partial charge on any atom is -0.491 e. The standard InChI is InChI=1S/C26H30N2O4S/c1-19-12-14-22(15-13-19)33(30,31)28-21-9-7-8-20(18-21)25(29)27-16-17-32-24-11-6-5-10-23(24)26(2,3)4/h5-15,18,28H,16-17H2,1-4H3,(H,27,29). The highest BCUT2D eigenvalue weighted by Gasteiger charge is 2.18. The van der Waals surface area contributed by atoms with Gasteiger partial charge in [0.25, 0.3) is 15.9 Å². The smallest absolute Gasteiger partial charge is 0.261 e. The van der Waals surface area contributed by atoms with E-state index in [4.69, 9.17) is 4.74 Å². The Hall–Kier alpha value is -3.32. The van der Waals surface area contributed by atoms with E-state index in [1.807, 2.05) is 31.2 Å². The Bertz CT molecular complexity index is 1210. The van der Waals surface area contributed by atoms with Crippen LogP contribution in [0.4, 0.5) is 5.69 Å². The van der Waals surface area contributed by atoms with Crippen molar-refractivity contribution in [3.05, 3.63) is 89.5 Å². The van der Waals surface area contributed by atoms with E-state index in [9.17, 15) is 13.2 Å². The summed E-state index contributed by atoms with van der Waals surface area (Å²) in [6.45, 7) is 8.89. The van der Waals surface area contributed by atoms with E-state index >= 15 is 0 Å². The molecule has 0 atom stereocenters. The molecule has 2 N–H and O–H groups in total. The summed E-state index contributed by atoms with van der Waals surface area (Å²) in [5.41, 5.74) is 2.70. The molecule has 3 aromatic rings. The van der Waals surface area contributed by atoms with Crippen LogP contribution >= 0.6 is 0 Å². The molecule has 3 aromatic carbocycles. The lowest BCUT2D eigenvalue weighted by Crippen LogP contribution is -2.28. The minimum atomic E-state index is -3.74. The Morgan fingerprint density at radius 3 is 2.33 bits per heavy atom.